The number of rotatable bonds is 11. The Morgan fingerprint density at radius 1 is 1.03 bits per heavy atom. The third-order valence-electron chi connectivity index (χ3n) is 6.14. The van der Waals surface area contributed by atoms with Gasteiger partial charge in [-0.2, -0.15) is 0 Å². The SMILES string of the molecule is Cc1oc(-c2ccccc2)nc1CCOc1ccc(CC(C)(NCc2ccc(F)c(F)c2)C(=O)O)cc1. The van der Waals surface area contributed by atoms with Gasteiger partial charge in [0.2, 0.25) is 5.89 Å². The molecule has 0 fully saturated rings. The molecular formula is C29H28F2N2O4. The summed E-state index contributed by atoms with van der Waals surface area (Å²) in [5.41, 5.74) is 1.68. The third kappa shape index (κ3) is 6.59. The van der Waals surface area contributed by atoms with E-state index in [2.05, 4.69) is 10.3 Å². The highest BCUT2D eigenvalue weighted by atomic mass is 19.2. The second kappa shape index (κ2) is 11.3. The Kier molecular flexibility index (Phi) is 7.98. The molecule has 0 radical (unpaired) electrons. The minimum atomic E-state index is -1.31. The summed E-state index contributed by atoms with van der Waals surface area (Å²) < 4.78 is 38.3. The molecular weight excluding hydrogens is 478 g/mol. The van der Waals surface area contributed by atoms with E-state index in [1.165, 1.54) is 6.07 Å². The van der Waals surface area contributed by atoms with Crippen LogP contribution in [0.1, 0.15) is 29.5 Å². The molecule has 0 aliphatic rings. The van der Waals surface area contributed by atoms with E-state index in [-0.39, 0.29) is 13.0 Å². The first-order chi connectivity index (χ1) is 17.7. The van der Waals surface area contributed by atoms with Gasteiger partial charge in [0.1, 0.15) is 17.0 Å². The number of aliphatic carboxylic acids is 1. The number of carboxylic acid groups (broad SMARTS) is 1. The van der Waals surface area contributed by atoms with E-state index in [1.54, 1.807) is 19.1 Å². The highest BCUT2D eigenvalue weighted by Gasteiger charge is 2.32. The van der Waals surface area contributed by atoms with Crippen LogP contribution >= 0.6 is 0 Å². The zero-order valence-corrected chi connectivity index (χ0v) is 20.6. The van der Waals surface area contributed by atoms with Crippen LogP contribution in [0, 0.1) is 18.6 Å². The maximum absolute atomic E-state index is 13.5. The highest BCUT2D eigenvalue weighted by Crippen LogP contribution is 2.23. The zero-order valence-electron chi connectivity index (χ0n) is 20.6. The van der Waals surface area contributed by atoms with Gasteiger partial charge in [-0.25, -0.2) is 13.8 Å². The van der Waals surface area contributed by atoms with Crippen LogP contribution in [0.5, 0.6) is 5.75 Å². The topological polar surface area (TPSA) is 84.6 Å². The number of oxazole rings is 1. The van der Waals surface area contributed by atoms with Crippen molar-refractivity contribution in [3.63, 3.8) is 0 Å². The Balaban J connectivity index is 1.32. The molecule has 1 atom stereocenters. The number of carboxylic acids is 1. The Bertz CT molecular complexity index is 1360. The molecule has 0 saturated heterocycles. The Morgan fingerprint density at radius 2 is 1.73 bits per heavy atom. The molecule has 0 aliphatic heterocycles. The number of benzene rings is 3. The molecule has 192 valence electrons. The number of hydrogen-bond donors (Lipinski definition) is 2. The van der Waals surface area contributed by atoms with Crippen molar-refractivity contribution in [2.45, 2.75) is 38.8 Å². The first-order valence-corrected chi connectivity index (χ1v) is 11.9. The van der Waals surface area contributed by atoms with Crippen LogP contribution in [0.15, 0.2) is 77.2 Å². The van der Waals surface area contributed by atoms with Crippen LogP contribution in [0.3, 0.4) is 0 Å². The molecule has 8 heteroatoms. The number of nitrogens with one attached hydrogen (secondary N) is 1. The van der Waals surface area contributed by atoms with E-state index >= 15 is 0 Å². The van der Waals surface area contributed by atoms with Gasteiger partial charge in [0, 0.05) is 24.9 Å². The molecule has 1 heterocycles. The molecule has 3 aromatic carbocycles. The first kappa shape index (κ1) is 26.0. The molecule has 0 bridgehead atoms. The second-order valence-corrected chi connectivity index (χ2v) is 9.05. The summed E-state index contributed by atoms with van der Waals surface area (Å²) in [6, 6.07) is 20.4. The molecule has 6 nitrogen and oxygen atoms in total. The molecule has 1 aromatic heterocycles. The van der Waals surface area contributed by atoms with Crippen LogP contribution in [0.25, 0.3) is 11.5 Å². The van der Waals surface area contributed by atoms with Crippen molar-refractivity contribution < 1.29 is 27.8 Å². The number of ether oxygens (including phenoxy) is 1. The first-order valence-electron chi connectivity index (χ1n) is 11.9. The lowest BCUT2D eigenvalue weighted by Crippen LogP contribution is -2.50. The number of halogens is 2. The third-order valence-corrected chi connectivity index (χ3v) is 6.14. The van der Waals surface area contributed by atoms with Crippen molar-refractivity contribution in [2.75, 3.05) is 6.61 Å². The van der Waals surface area contributed by atoms with E-state index in [9.17, 15) is 18.7 Å². The summed E-state index contributed by atoms with van der Waals surface area (Å²) in [5, 5.41) is 12.8. The van der Waals surface area contributed by atoms with Crippen molar-refractivity contribution in [1.29, 1.82) is 0 Å². The van der Waals surface area contributed by atoms with E-state index in [0.717, 1.165) is 34.7 Å². The largest absolute Gasteiger partial charge is 0.493 e. The lowest BCUT2D eigenvalue weighted by atomic mass is 9.92. The van der Waals surface area contributed by atoms with Crippen LogP contribution in [-0.4, -0.2) is 28.2 Å². The van der Waals surface area contributed by atoms with Gasteiger partial charge in [-0.15, -0.1) is 0 Å². The van der Waals surface area contributed by atoms with Gasteiger partial charge < -0.3 is 14.3 Å². The van der Waals surface area contributed by atoms with Crippen molar-refractivity contribution in [2.24, 2.45) is 0 Å². The normalized spacial score (nSPS) is 12.8. The number of nitrogens with zero attached hydrogens (tertiary/aromatic N) is 1. The fourth-order valence-electron chi connectivity index (χ4n) is 3.90. The van der Waals surface area contributed by atoms with E-state index in [0.29, 0.717) is 30.2 Å². The van der Waals surface area contributed by atoms with Gasteiger partial charge >= 0.3 is 5.97 Å². The van der Waals surface area contributed by atoms with Crippen LogP contribution in [0.4, 0.5) is 8.78 Å². The predicted molar refractivity (Wildman–Crippen MR) is 135 cm³/mol. The number of aryl methyl sites for hydroxylation is 1. The van der Waals surface area contributed by atoms with Gasteiger partial charge in [-0.3, -0.25) is 10.1 Å². The zero-order chi connectivity index (χ0) is 26.4. The Morgan fingerprint density at radius 3 is 2.41 bits per heavy atom. The predicted octanol–water partition coefficient (Wildman–Crippen LogP) is 5.73. The number of aromatic nitrogens is 1. The summed E-state index contributed by atoms with van der Waals surface area (Å²) in [6.07, 6.45) is 0.765. The van der Waals surface area contributed by atoms with Crippen LogP contribution in [0.2, 0.25) is 0 Å². The van der Waals surface area contributed by atoms with E-state index in [1.807, 2.05) is 49.4 Å². The second-order valence-electron chi connectivity index (χ2n) is 9.05. The standard InChI is InChI=1S/C29H28F2N2O4/c1-19-26(33-27(37-19)22-6-4-3-5-7-22)14-15-36-23-11-8-20(9-12-23)17-29(2,28(34)35)32-18-21-10-13-24(30)25(31)16-21/h3-13,16,32H,14-15,17-18H2,1-2H3,(H,34,35). The molecule has 4 aromatic rings. The molecule has 2 N–H and O–H groups in total. The lowest BCUT2D eigenvalue weighted by molar-refractivity contribution is -0.144. The fraction of sp³-hybridized carbons (Fsp3) is 0.241. The average molecular weight is 507 g/mol. The molecule has 0 amide bonds. The smallest absolute Gasteiger partial charge is 0.323 e. The van der Waals surface area contributed by atoms with Gasteiger partial charge in [0.25, 0.3) is 0 Å². The maximum atomic E-state index is 13.5. The van der Waals surface area contributed by atoms with Gasteiger partial charge in [0.15, 0.2) is 11.6 Å². The van der Waals surface area contributed by atoms with E-state index in [4.69, 9.17) is 9.15 Å². The molecule has 37 heavy (non-hydrogen) atoms. The monoisotopic (exact) mass is 506 g/mol. The van der Waals surface area contributed by atoms with Crippen LogP contribution < -0.4 is 10.1 Å². The van der Waals surface area contributed by atoms with Gasteiger partial charge in [-0.05, 0) is 61.4 Å². The minimum absolute atomic E-state index is 0.0780. The molecule has 0 spiro atoms. The van der Waals surface area contributed by atoms with Gasteiger partial charge in [-0.1, -0.05) is 36.4 Å². The quantitative estimate of drug-likeness (QED) is 0.271. The molecule has 0 saturated carbocycles. The van der Waals surface area contributed by atoms with Crippen molar-refractivity contribution in [3.05, 3.63) is 107 Å². The molecule has 0 aliphatic carbocycles. The molecule has 1 unspecified atom stereocenters. The average Bonchev–Trinajstić information content (AvgIpc) is 3.26. The molecule has 4 rings (SSSR count). The fourth-order valence-corrected chi connectivity index (χ4v) is 3.90. The summed E-state index contributed by atoms with van der Waals surface area (Å²) in [5.74, 6) is -0.977. The Labute approximate surface area is 213 Å². The lowest BCUT2D eigenvalue weighted by Gasteiger charge is -2.27. The van der Waals surface area contributed by atoms with Crippen molar-refractivity contribution >= 4 is 5.97 Å². The van der Waals surface area contributed by atoms with Gasteiger partial charge in [0.05, 0.1) is 12.3 Å². The van der Waals surface area contributed by atoms with E-state index < -0.39 is 23.1 Å². The minimum Gasteiger partial charge on any atom is -0.493 e. The number of carbonyl (C=O) groups is 1. The Hall–Kier alpha value is -4.04. The number of hydrogen-bond acceptors (Lipinski definition) is 5. The highest BCUT2D eigenvalue weighted by molar-refractivity contribution is 5.78. The summed E-state index contributed by atoms with van der Waals surface area (Å²) in [7, 11) is 0. The maximum Gasteiger partial charge on any atom is 0.323 e. The van der Waals surface area contributed by atoms with Crippen molar-refractivity contribution in [1.82, 2.24) is 10.3 Å². The summed E-state index contributed by atoms with van der Waals surface area (Å²) in [4.78, 5) is 16.6. The summed E-state index contributed by atoms with van der Waals surface area (Å²) in [6.45, 7) is 3.92. The van der Waals surface area contributed by atoms with Crippen molar-refractivity contribution in [3.8, 4) is 17.2 Å². The van der Waals surface area contributed by atoms with Crippen LogP contribution in [-0.2, 0) is 24.2 Å². The summed E-state index contributed by atoms with van der Waals surface area (Å²) >= 11 is 0.